The lowest BCUT2D eigenvalue weighted by Gasteiger charge is -2.01. The maximum atomic E-state index is 5.04. The molecular formula is C12H12N2S. The standard InChI is InChI=1S/C12H12N2S/c1-9-2-4-10(5-3-9)8-11-13-7-6-12(15)14-11/h2-7H,8H2,1H3,(H,13,14,15). The van der Waals surface area contributed by atoms with Crippen LogP contribution in [0.25, 0.3) is 0 Å². The number of H-pyrrole nitrogens is 1. The van der Waals surface area contributed by atoms with Gasteiger partial charge in [-0.05, 0) is 18.6 Å². The summed E-state index contributed by atoms with van der Waals surface area (Å²) in [7, 11) is 0. The van der Waals surface area contributed by atoms with Crippen molar-refractivity contribution in [1.29, 1.82) is 0 Å². The maximum Gasteiger partial charge on any atom is 0.111 e. The summed E-state index contributed by atoms with van der Waals surface area (Å²) in [5.41, 5.74) is 2.51. The van der Waals surface area contributed by atoms with Crippen LogP contribution < -0.4 is 0 Å². The molecule has 0 bridgehead atoms. The number of hydrogen-bond acceptors (Lipinski definition) is 2. The normalized spacial score (nSPS) is 10.2. The van der Waals surface area contributed by atoms with Crippen molar-refractivity contribution in [1.82, 2.24) is 9.97 Å². The molecule has 3 heteroatoms. The van der Waals surface area contributed by atoms with Crippen molar-refractivity contribution in [2.75, 3.05) is 0 Å². The van der Waals surface area contributed by atoms with E-state index in [1.165, 1.54) is 11.1 Å². The van der Waals surface area contributed by atoms with Crippen LogP contribution in [0.4, 0.5) is 0 Å². The van der Waals surface area contributed by atoms with Gasteiger partial charge in [0.1, 0.15) is 10.5 Å². The highest BCUT2D eigenvalue weighted by Crippen LogP contribution is 2.06. The molecule has 0 radical (unpaired) electrons. The molecule has 1 heterocycles. The summed E-state index contributed by atoms with van der Waals surface area (Å²) >= 11 is 5.04. The van der Waals surface area contributed by atoms with Crippen molar-refractivity contribution >= 4 is 12.2 Å². The molecular weight excluding hydrogens is 204 g/mol. The minimum atomic E-state index is 0.729. The van der Waals surface area contributed by atoms with Crippen molar-refractivity contribution in [3.63, 3.8) is 0 Å². The average Bonchev–Trinajstić information content (AvgIpc) is 2.22. The zero-order chi connectivity index (χ0) is 10.7. The summed E-state index contributed by atoms with van der Waals surface area (Å²) in [6.45, 7) is 2.08. The molecule has 2 nitrogen and oxygen atoms in total. The molecule has 0 saturated carbocycles. The Bertz CT molecular complexity index is 500. The van der Waals surface area contributed by atoms with Crippen LogP contribution in [0.3, 0.4) is 0 Å². The van der Waals surface area contributed by atoms with Gasteiger partial charge in [-0.1, -0.05) is 42.0 Å². The van der Waals surface area contributed by atoms with Crippen molar-refractivity contribution in [2.24, 2.45) is 0 Å². The quantitative estimate of drug-likeness (QED) is 0.782. The topological polar surface area (TPSA) is 28.7 Å². The van der Waals surface area contributed by atoms with Gasteiger partial charge in [-0.25, -0.2) is 4.98 Å². The van der Waals surface area contributed by atoms with Crippen LogP contribution in [-0.2, 0) is 6.42 Å². The number of aromatic nitrogens is 2. The fraction of sp³-hybridized carbons (Fsp3) is 0.167. The minimum Gasteiger partial charge on any atom is -0.335 e. The van der Waals surface area contributed by atoms with Gasteiger partial charge >= 0.3 is 0 Å². The lowest BCUT2D eigenvalue weighted by Crippen LogP contribution is -1.95. The van der Waals surface area contributed by atoms with Gasteiger partial charge in [-0.2, -0.15) is 0 Å². The first-order valence-corrected chi connectivity index (χ1v) is 5.24. The van der Waals surface area contributed by atoms with E-state index in [-0.39, 0.29) is 0 Å². The van der Waals surface area contributed by atoms with Gasteiger partial charge in [0, 0.05) is 12.6 Å². The SMILES string of the molecule is Cc1ccc(Cc2nccc(=S)[nH]2)cc1. The van der Waals surface area contributed by atoms with E-state index in [4.69, 9.17) is 12.2 Å². The van der Waals surface area contributed by atoms with Gasteiger partial charge in [-0.15, -0.1) is 0 Å². The van der Waals surface area contributed by atoms with E-state index in [2.05, 4.69) is 41.2 Å². The second kappa shape index (κ2) is 4.36. The highest BCUT2D eigenvalue weighted by atomic mass is 32.1. The Balaban J connectivity index is 2.22. The largest absolute Gasteiger partial charge is 0.335 e. The third kappa shape index (κ3) is 2.73. The highest BCUT2D eigenvalue weighted by Gasteiger charge is 1.96. The zero-order valence-corrected chi connectivity index (χ0v) is 9.34. The molecule has 0 amide bonds. The third-order valence-electron chi connectivity index (χ3n) is 2.22. The molecule has 76 valence electrons. The van der Waals surface area contributed by atoms with Crippen molar-refractivity contribution in [3.05, 3.63) is 58.1 Å². The molecule has 0 spiro atoms. The number of rotatable bonds is 2. The fourth-order valence-corrected chi connectivity index (χ4v) is 1.58. The van der Waals surface area contributed by atoms with Crippen molar-refractivity contribution in [3.8, 4) is 0 Å². The van der Waals surface area contributed by atoms with Gasteiger partial charge < -0.3 is 4.98 Å². The van der Waals surface area contributed by atoms with Crippen LogP contribution in [0.15, 0.2) is 36.5 Å². The first-order chi connectivity index (χ1) is 7.24. The molecule has 0 saturated heterocycles. The number of benzene rings is 1. The minimum absolute atomic E-state index is 0.729. The van der Waals surface area contributed by atoms with E-state index in [0.29, 0.717) is 0 Å². The summed E-state index contributed by atoms with van der Waals surface area (Å²) in [6, 6.07) is 10.2. The molecule has 1 N–H and O–H groups in total. The lowest BCUT2D eigenvalue weighted by molar-refractivity contribution is 0.959. The zero-order valence-electron chi connectivity index (χ0n) is 8.53. The molecule has 0 aliphatic heterocycles. The Kier molecular flexibility index (Phi) is 2.92. The van der Waals surface area contributed by atoms with Gasteiger partial charge in [0.05, 0.1) is 0 Å². The molecule has 2 rings (SSSR count). The van der Waals surface area contributed by atoms with Gasteiger partial charge in [-0.3, -0.25) is 0 Å². The molecule has 0 atom stereocenters. The maximum absolute atomic E-state index is 5.04. The Morgan fingerprint density at radius 3 is 2.60 bits per heavy atom. The Labute approximate surface area is 94.0 Å². The lowest BCUT2D eigenvalue weighted by atomic mass is 10.1. The number of nitrogens with one attached hydrogen (secondary N) is 1. The first kappa shape index (κ1) is 10.1. The van der Waals surface area contributed by atoms with Crippen LogP contribution in [0, 0.1) is 11.6 Å². The van der Waals surface area contributed by atoms with Crippen LogP contribution in [0.1, 0.15) is 17.0 Å². The van der Waals surface area contributed by atoms with Crippen molar-refractivity contribution in [2.45, 2.75) is 13.3 Å². The molecule has 0 fully saturated rings. The van der Waals surface area contributed by atoms with Gasteiger partial charge in [0.2, 0.25) is 0 Å². The Hall–Kier alpha value is -1.48. The summed E-state index contributed by atoms with van der Waals surface area (Å²) in [6.07, 6.45) is 2.53. The Morgan fingerprint density at radius 2 is 1.93 bits per heavy atom. The van der Waals surface area contributed by atoms with Crippen LogP contribution in [0.5, 0.6) is 0 Å². The van der Waals surface area contributed by atoms with E-state index >= 15 is 0 Å². The summed E-state index contributed by atoms with van der Waals surface area (Å²) in [5.74, 6) is 0.909. The third-order valence-corrected chi connectivity index (χ3v) is 2.45. The molecule has 2 aromatic rings. The van der Waals surface area contributed by atoms with Gasteiger partial charge in [0.25, 0.3) is 0 Å². The molecule has 0 aliphatic carbocycles. The van der Waals surface area contributed by atoms with E-state index in [1.807, 2.05) is 0 Å². The van der Waals surface area contributed by atoms with E-state index < -0.39 is 0 Å². The number of aromatic amines is 1. The molecule has 1 aromatic carbocycles. The smallest absolute Gasteiger partial charge is 0.111 e. The number of nitrogens with zero attached hydrogens (tertiary/aromatic N) is 1. The second-order valence-electron chi connectivity index (χ2n) is 3.54. The number of aryl methyl sites for hydroxylation is 1. The fourth-order valence-electron chi connectivity index (χ4n) is 1.40. The van der Waals surface area contributed by atoms with E-state index in [9.17, 15) is 0 Å². The van der Waals surface area contributed by atoms with E-state index in [1.54, 1.807) is 12.3 Å². The summed E-state index contributed by atoms with van der Waals surface area (Å²) in [4.78, 5) is 7.31. The van der Waals surface area contributed by atoms with Crippen LogP contribution >= 0.6 is 12.2 Å². The summed E-state index contributed by atoms with van der Waals surface area (Å²) < 4.78 is 0.729. The molecule has 15 heavy (non-hydrogen) atoms. The van der Waals surface area contributed by atoms with E-state index in [0.717, 1.165) is 16.9 Å². The molecule has 0 aliphatic rings. The average molecular weight is 216 g/mol. The summed E-state index contributed by atoms with van der Waals surface area (Å²) in [5, 5.41) is 0. The molecule has 0 unspecified atom stereocenters. The highest BCUT2D eigenvalue weighted by molar-refractivity contribution is 7.71. The van der Waals surface area contributed by atoms with Crippen LogP contribution in [-0.4, -0.2) is 9.97 Å². The monoisotopic (exact) mass is 216 g/mol. The second-order valence-corrected chi connectivity index (χ2v) is 3.98. The van der Waals surface area contributed by atoms with Crippen molar-refractivity contribution < 1.29 is 0 Å². The Morgan fingerprint density at radius 1 is 1.20 bits per heavy atom. The first-order valence-electron chi connectivity index (χ1n) is 4.84. The molecule has 1 aromatic heterocycles. The predicted molar refractivity (Wildman–Crippen MR) is 63.4 cm³/mol. The number of hydrogen-bond donors (Lipinski definition) is 1. The predicted octanol–water partition coefficient (Wildman–Crippen LogP) is 3.04. The van der Waals surface area contributed by atoms with Gasteiger partial charge in [0.15, 0.2) is 0 Å². The van der Waals surface area contributed by atoms with Crippen LogP contribution in [0.2, 0.25) is 0 Å².